The molecule has 3 N–H and O–H groups in total. The third-order valence-corrected chi connectivity index (χ3v) is 5.49. The largest absolute Gasteiger partial charge is 0.358 e. The first-order chi connectivity index (χ1) is 13.7. The van der Waals surface area contributed by atoms with Gasteiger partial charge in [0.1, 0.15) is 6.04 Å². The lowest BCUT2D eigenvalue weighted by atomic mass is 10.0. The Bertz CT molecular complexity index is 868. The van der Waals surface area contributed by atoms with Crippen molar-refractivity contribution in [3.05, 3.63) is 59.7 Å². The second-order valence-corrected chi connectivity index (χ2v) is 7.36. The van der Waals surface area contributed by atoms with Crippen LogP contribution in [0.25, 0.3) is 0 Å². The standard InChI is InChI=1S/C22H26N4O2/c23-11-5-12-24-21(27)17-9-10-18-20(14-17)26(15-16-6-2-1-3-7-16)22(28)19-8-4-13-25(18)19/h1-3,6-7,9-10,14,19H,4-5,8,11-13,15,23H2,(H,24,27). The van der Waals surface area contributed by atoms with Crippen molar-refractivity contribution in [3.63, 3.8) is 0 Å². The quantitative estimate of drug-likeness (QED) is 0.756. The Balaban J connectivity index is 1.68. The van der Waals surface area contributed by atoms with Gasteiger partial charge >= 0.3 is 0 Å². The summed E-state index contributed by atoms with van der Waals surface area (Å²) in [4.78, 5) is 29.8. The van der Waals surface area contributed by atoms with Crippen LogP contribution in [0, 0.1) is 0 Å². The molecule has 1 fully saturated rings. The van der Waals surface area contributed by atoms with Crippen molar-refractivity contribution in [2.24, 2.45) is 5.73 Å². The lowest BCUT2D eigenvalue weighted by Crippen LogP contribution is -2.50. The molecule has 2 aliphatic rings. The predicted molar refractivity (Wildman–Crippen MR) is 110 cm³/mol. The summed E-state index contributed by atoms with van der Waals surface area (Å²) >= 11 is 0. The molecule has 146 valence electrons. The Morgan fingerprint density at radius 3 is 2.75 bits per heavy atom. The van der Waals surface area contributed by atoms with E-state index in [-0.39, 0.29) is 17.9 Å². The lowest BCUT2D eigenvalue weighted by Gasteiger charge is -2.39. The highest BCUT2D eigenvalue weighted by atomic mass is 16.2. The maximum atomic E-state index is 13.2. The van der Waals surface area contributed by atoms with E-state index in [0.29, 0.717) is 25.2 Å². The molecule has 1 unspecified atom stereocenters. The Morgan fingerprint density at radius 2 is 1.96 bits per heavy atom. The van der Waals surface area contributed by atoms with Gasteiger partial charge in [0.05, 0.1) is 17.9 Å². The Kier molecular flexibility index (Phi) is 5.30. The van der Waals surface area contributed by atoms with E-state index in [1.165, 1.54) is 0 Å². The zero-order valence-electron chi connectivity index (χ0n) is 15.9. The van der Waals surface area contributed by atoms with Crippen LogP contribution in [0.15, 0.2) is 48.5 Å². The van der Waals surface area contributed by atoms with Gasteiger partial charge in [-0.2, -0.15) is 0 Å². The molecule has 2 aromatic rings. The Labute approximate surface area is 165 Å². The molecule has 0 saturated carbocycles. The number of carbonyl (C=O) groups is 2. The number of amides is 2. The molecule has 0 spiro atoms. The van der Waals surface area contributed by atoms with Gasteiger partial charge in [-0.1, -0.05) is 30.3 Å². The molecular weight excluding hydrogens is 352 g/mol. The maximum absolute atomic E-state index is 13.2. The van der Waals surface area contributed by atoms with Gasteiger partial charge in [-0.05, 0) is 49.6 Å². The molecule has 0 radical (unpaired) electrons. The van der Waals surface area contributed by atoms with E-state index in [2.05, 4.69) is 10.2 Å². The Morgan fingerprint density at radius 1 is 1.14 bits per heavy atom. The van der Waals surface area contributed by atoms with Gasteiger partial charge in [0, 0.05) is 18.7 Å². The minimum Gasteiger partial charge on any atom is -0.358 e. The van der Waals surface area contributed by atoms with Gasteiger partial charge in [0.25, 0.3) is 5.91 Å². The highest BCUT2D eigenvalue weighted by Gasteiger charge is 2.40. The number of hydrogen-bond acceptors (Lipinski definition) is 4. The number of carbonyl (C=O) groups excluding carboxylic acids is 2. The van der Waals surface area contributed by atoms with Crippen molar-refractivity contribution in [2.75, 3.05) is 29.4 Å². The van der Waals surface area contributed by atoms with Gasteiger partial charge < -0.3 is 20.9 Å². The summed E-state index contributed by atoms with van der Waals surface area (Å²) < 4.78 is 0. The van der Waals surface area contributed by atoms with Gasteiger partial charge in [0.15, 0.2) is 0 Å². The van der Waals surface area contributed by atoms with Gasteiger partial charge in [-0.3, -0.25) is 9.59 Å². The van der Waals surface area contributed by atoms with Crippen molar-refractivity contribution in [2.45, 2.75) is 31.8 Å². The van der Waals surface area contributed by atoms with Crippen LogP contribution in [0.4, 0.5) is 11.4 Å². The number of rotatable bonds is 6. The minimum atomic E-state index is -0.132. The first-order valence-electron chi connectivity index (χ1n) is 9.93. The number of fused-ring (bicyclic) bond motifs is 3. The summed E-state index contributed by atoms with van der Waals surface area (Å²) in [6.07, 6.45) is 2.63. The van der Waals surface area contributed by atoms with Crippen molar-refractivity contribution in [3.8, 4) is 0 Å². The van der Waals surface area contributed by atoms with E-state index in [1.54, 1.807) is 0 Å². The zero-order valence-corrected chi connectivity index (χ0v) is 15.9. The maximum Gasteiger partial charge on any atom is 0.251 e. The summed E-state index contributed by atoms with van der Waals surface area (Å²) in [7, 11) is 0. The van der Waals surface area contributed by atoms with E-state index in [4.69, 9.17) is 5.73 Å². The summed E-state index contributed by atoms with van der Waals surface area (Å²) in [6.45, 7) is 2.48. The van der Waals surface area contributed by atoms with E-state index < -0.39 is 0 Å². The number of hydrogen-bond donors (Lipinski definition) is 2. The first kappa shape index (κ1) is 18.5. The molecule has 4 rings (SSSR count). The van der Waals surface area contributed by atoms with Crippen LogP contribution in [0.5, 0.6) is 0 Å². The lowest BCUT2D eigenvalue weighted by molar-refractivity contribution is -0.120. The highest BCUT2D eigenvalue weighted by Crippen LogP contribution is 2.41. The van der Waals surface area contributed by atoms with Crippen LogP contribution < -0.4 is 20.9 Å². The van der Waals surface area contributed by atoms with Crippen LogP contribution in [0.2, 0.25) is 0 Å². The Hall–Kier alpha value is -2.86. The average Bonchev–Trinajstić information content (AvgIpc) is 3.22. The molecule has 0 aliphatic carbocycles. The van der Waals surface area contributed by atoms with Gasteiger partial charge in [-0.15, -0.1) is 0 Å². The zero-order chi connectivity index (χ0) is 19.5. The van der Waals surface area contributed by atoms with Gasteiger partial charge in [0.2, 0.25) is 5.91 Å². The summed E-state index contributed by atoms with van der Waals surface area (Å²) in [5.41, 5.74) is 9.00. The summed E-state index contributed by atoms with van der Waals surface area (Å²) in [6, 6.07) is 15.6. The van der Waals surface area contributed by atoms with Crippen LogP contribution >= 0.6 is 0 Å². The molecular formula is C22H26N4O2. The van der Waals surface area contributed by atoms with Crippen molar-refractivity contribution in [1.82, 2.24) is 5.32 Å². The van der Waals surface area contributed by atoms with Crippen LogP contribution in [-0.2, 0) is 11.3 Å². The van der Waals surface area contributed by atoms with E-state index >= 15 is 0 Å². The molecule has 2 heterocycles. The third kappa shape index (κ3) is 3.47. The van der Waals surface area contributed by atoms with E-state index in [9.17, 15) is 9.59 Å². The third-order valence-electron chi connectivity index (χ3n) is 5.49. The molecule has 6 heteroatoms. The minimum absolute atomic E-state index is 0.0968. The molecule has 0 aromatic heterocycles. The fourth-order valence-corrected chi connectivity index (χ4v) is 4.07. The van der Waals surface area contributed by atoms with E-state index in [0.717, 1.165) is 42.7 Å². The number of anilines is 2. The van der Waals surface area contributed by atoms with Gasteiger partial charge in [-0.25, -0.2) is 0 Å². The monoisotopic (exact) mass is 378 g/mol. The van der Waals surface area contributed by atoms with Crippen molar-refractivity contribution in [1.29, 1.82) is 0 Å². The van der Waals surface area contributed by atoms with E-state index in [1.807, 2.05) is 53.4 Å². The number of nitrogens with zero attached hydrogens (tertiary/aromatic N) is 2. The molecule has 2 amide bonds. The van der Waals surface area contributed by atoms with Crippen LogP contribution in [0.1, 0.15) is 35.2 Å². The average molecular weight is 378 g/mol. The molecule has 1 saturated heterocycles. The van der Waals surface area contributed by atoms with Crippen molar-refractivity contribution >= 4 is 23.2 Å². The number of benzene rings is 2. The summed E-state index contributed by atoms with van der Waals surface area (Å²) in [5, 5.41) is 2.89. The number of nitrogens with one attached hydrogen (secondary N) is 1. The second kappa shape index (κ2) is 8.02. The topological polar surface area (TPSA) is 78.7 Å². The SMILES string of the molecule is NCCCNC(=O)c1ccc2c(c1)N(Cc1ccccc1)C(=O)C1CCCN21. The van der Waals surface area contributed by atoms with Crippen LogP contribution in [0.3, 0.4) is 0 Å². The highest BCUT2D eigenvalue weighted by molar-refractivity contribution is 6.07. The molecule has 2 aliphatic heterocycles. The van der Waals surface area contributed by atoms with Crippen LogP contribution in [-0.4, -0.2) is 37.5 Å². The smallest absolute Gasteiger partial charge is 0.251 e. The fourth-order valence-electron chi connectivity index (χ4n) is 4.07. The predicted octanol–water partition coefficient (Wildman–Crippen LogP) is 2.28. The fraction of sp³-hybridized carbons (Fsp3) is 0.364. The van der Waals surface area contributed by atoms with Crippen molar-refractivity contribution < 1.29 is 9.59 Å². The molecule has 2 aromatic carbocycles. The molecule has 0 bridgehead atoms. The molecule has 6 nitrogen and oxygen atoms in total. The number of nitrogens with two attached hydrogens (primary N) is 1. The first-order valence-corrected chi connectivity index (χ1v) is 9.93. The second-order valence-electron chi connectivity index (χ2n) is 7.36. The normalized spacial score (nSPS) is 18.0. The summed E-state index contributed by atoms with van der Waals surface area (Å²) in [5.74, 6) is -0.0125. The molecule has 28 heavy (non-hydrogen) atoms. The molecule has 1 atom stereocenters.